The largest absolute Gasteiger partial charge is 0.396 e. The summed E-state index contributed by atoms with van der Waals surface area (Å²) in [5.74, 6) is -0.643. The van der Waals surface area contributed by atoms with Crippen molar-refractivity contribution < 1.29 is 15.0 Å². The van der Waals surface area contributed by atoms with Crippen molar-refractivity contribution in [2.24, 2.45) is 10.5 Å². The number of benzene rings is 1. The first kappa shape index (κ1) is 17.1. The zero-order valence-corrected chi connectivity index (χ0v) is 12.9. The highest BCUT2D eigenvalue weighted by Gasteiger charge is 2.32. The number of hydrogen-bond donors (Lipinski definition) is 3. The van der Waals surface area contributed by atoms with E-state index in [4.69, 9.17) is 5.11 Å². The van der Waals surface area contributed by atoms with E-state index < -0.39 is 17.4 Å². The number of aliphatic hydroxyl groups is 2. The van der Waals surface area contributed by atoms with Crippen LogP contribution in [0, 0.1) is 5.41 Å². The Labute approximate surface area is 125 Å². The fraction of sp³-hybridized carbons (Fsp3) is 0.467. The summed E-state index contributed by atoms with van der Waals surface area (Å²) in [6.07, 6.45) is 0.173. The van der Waals surface area contributed by atoms with E-state index in [0.717, 1.165) is 11.3 Å². The summed E-state index contributed by atoms with van der Waals surface area (Å²) < 4.78 is 0. The van der Waals surface area contributed by atoms with Gasteiger partial charge >= 0.3 is 0 Å². The Hall–Kier alpha value is -1.92. The number of rotatable bonds is 6. The lowest BCUT2D eigenvalue weighted by Gasteiger charge is -2.26. The minimum absolute atomic E-state index is 0.294. The van der Waals surface area contributed by atoms with Crippen molar-refractivity contribution >= 4 is 17.8 Å². The van der Waals surface area contributed by atoms with E-state index in [-0.39, 0.29) is 6.61 Å². The molecule has 0 aliphatic heterocycles. The second kappa shape index (κ2) is 7.19. The molecule has 1 unspecified atom stereocenters. The molecule has 1 rings (SSSR count). The second-order valence-electron chi connectivity index (χ2n) is 5.77. The predicted octanol–water partition coefficient (Wildman–Crippen LogP) is 0.582. The van der Waals surface area contributed by atoms with Crippen molar-refractivity contribution in [1.29, 1.82) is 0 Å². The Bertz CT molecular complexity index is 495. The smallest absolute Gasteiger partial charge is 0.269 e. The van der Waals surface area contributed by atoms with Gasteiger partial charge in [-0.25, -0.2) is 5.43 Å². The molecule has 1 atom stereocenters. The van der Waals surface area contributed by atoms with Gasteiger partial charge < -0.3 is 15.1 Å². The number of carbonyl (C=O) groups excluding carboxylic acids is 1. The van der Waals surface area contributed by atoms with E-state index in [9.17, 15) is 9.90 Å². The van der Waals surface area contributed by atoms with E-state index in [0.29, 0.717) is 0 Å². The van der Waals surface area contributed by atoms with Crippen LogP contribution in [0.1, 0.15) is 19.4 Å². The molecule has 21 heavy (non-hydrogen) atoms. The fourth-order valence-corrected chi connectivity index (χ4v) is 1.53. The van der Waals surface area contributed by atoms with E-state index in [2.05, 4.69) is 10.5 Å². The molecule has 116 valence electrons. The van der Waals surface area contributed by atoms with E-state index in [1.807, 2.05) is 43.3 Å². The third kappa shape index (κ3) is 4.84. The van der Waals surface area contributed by atoms with Gasteiger partial charge in [-0.2, -0.15) is 5.10 Å². The highest BCUT2D eigenvalue weighted by atomic mass is 16.3. The molecular weight excluding hydrogens is 270 g/mol. The maximum Gasteiger partial charge on any atom is 0.269 e. The van der Waals surface area contributed by atoms with Crippen LogP contribution in [0.2, 0.25) is 0 Å². The van der Waals surface area contributed by atoms with Gasteiger partial charge in [0.15, 0.2) is 0 Å². The lowest BCUT2D eigenvalue weighted by Crippen LogP contribution is -2.44. The third-order valence-electron chi connectivity index (χ3n) is 3.19. The van der Waals surface area contributed by atoms with E-state index in [1.165, 1.54) is 6.21 Å². The van der Waals surface area contributed by atoms with Gasteiger partial charge in [0, 0.05) is 25.2 Å². The molecule has 0 saturated heterocycles. The van der Waals surface area contributed by atoms with Crippen molar-refractivity contribution in [2.45, 2.75) is 20.0 Å². The predicted molar refractivity (Wildman–Crippen MR) is 83.4 cm³/mol. The van der Waals surface area contributed by atoms with Gasteiger partial charge in [-0.1, -0.05) is 26.0 Å². The molecule has 6 nitrogen and oxygen atoms in total. The van der Waals surface area contributed by atoms with Crippen molar-refractivity contribution in [3.05, 3.63) is 29.8 Å². The van der Waals surface area contributed by atoms with Gasteiger partial charge in [0.05, 0.1) is 12.8 Å². The topological polar surface area (TPSA) is 85.2 Å². The first-order valence-electron chi connectivity index (χ1n) is 6.67. The fourth-order valence-electron chi connectivity index (χ4n) is 1.53. The molecule has 3 N–H and O–H groups in total. The molecule has 0 saturated carbocycles. The van der Waals surface area contributed by atoms with Crippen LogP contribution < -0.4 is 10.3 Å². The molecule has 0 radical (unpaired) electrons. The van der Waals surface area contributed by atoms with Crippen molar-refractivity contribution in [2.75, 3.05) is 25.6 Å². The number of amides is 1. The van der Waals surface area contributed by atoms with Gasteiger partial charge in [0.2, 0.25) is 0 Å². The monoisotopic (exact) mass is 293 g/mol. The molecule has 0 fully saturated rings. The molecule has 0 aromatic heterocycles. The zero-order chi connectivity index (χ0) is 16.0. The molecule has 0 spiro atoms. The van der Waals surface area contributed by atoms with Crippen LogP contribution in [-0.4, -0.2) is 49.1 Å². The Balaban J connectivity index is 2.60. The number of hydrazone groups is 1. The summed E-state index contributed by atoms with van der Waals surface area (Å²) in [7, 11) is 3.90. The Morgan fingerprint density at radius 3 is 2.43 bits per heavy atom. The van der Waals surface area contributed by atoms with Crippen LogP contribution in [0.5, 0.6) is 0 Å². The number of carbonyl (C=O) groups is 1. The SMILES string of the molecule is CN(C)c1ccc(C=NNC(=O)C(O)C(C)(C)CO)cc1. The number of anilines is 1. The van der Waals surface area contributed by atoms with Crippen molar-refractivity contribution in [3.63, 3.8) is 0 Å². The molecule has 0 heterocycles. The van der Waals surface area contributed by atoms with Gasteiger partial charge in [-0.15, -0.1) is 0 Å². The number of aliphatic hydroxyl groups excluding tert-OH is 2. The van der Waals surface area contributed by atoms with Crippen LogP contribution in [0.25, 0.3) is 0 Å². The molecule has 0 bridgehead atoms. The summed E-state index contributed by atoms with van der Waals surface area (Å²) in [4.78, 5) is 13.7. The summed E-state index contributed by atoms with van der Waals surface area (Å²) >= 11 is 0. The molecule has 1 amide bonds. The van der Waals surface area contributed by atoms with Crippen LogP contribution in [-0.2, 0) is 4.79 Å². The number of hydrogen-bond acceptors (Lipinski definition) is 5. The van der Waals surface area contributed by atoms with E-state index >= 15 is 0 Å². The molecule has 1 aromatic rings. The van der Waals surface area contributed by atoms with Crippen molar-refractivity contribution in [3.8, 4) is 0 Å². The first-order valence-corrected chi connectivity index (χ1v) is 6.67. The average Bonchev–Trinajstić information content (AvgIpc) is 2.46. The maximum absolute atomic E-state index is 11.7. The first-order chi connectivity index (χ1) is 9.77. The Morgan fingerprint density at radius 1 is 1.38 bits per heavy atom. The average molecular weight is 293 g/mol. The normalized spacial score (nSPS) is 13.2. The molecule has 0 aliphatic rings. The lowest BCUT2D eigenvalue weighted by atomic mass is 9.87. The van der Waals surface area contributed by atoms with Gasteiger partial charge in [-0.05, 0) is 17.7 Å². The summed E-state index contributed by atoms with van der Waals surface area (Å²) in [6.45, 7) is 2.90. The van der Waals surface area contributed by atoms with Gasteiger partial charge in [0.1, 0.15) is 6.10 Å². The minimum Gasteiger partial charge on any atom is -0.396 e. The molecule has 1 aromatic carbocycles. The minimum atomic E-state index is -1.32. The molecular formula is C15H23N3O3. The highest BCUT2D eigenvalue weighted by Crippen LogP contribution is 2.19. The number of nitrogens with zero attached hydrogens (tertiary/aromatic N) is 2. The Morgan fingerprint density at radius 2 is 1.95 bits per heavy atom. The highest BCUT2D eigenvalue weighted by molar-refractivity contribution is 5.85. The standard InChI is InChI=1S/C15H23N3O3/c1-15(2,10-19)13(20)14(21)17-16-9-11-5-7-12(8-6-11)18(3)4/h5-9,13,19-20H,10H2,1-4H3,(H,17,21). The summed E-state index contributed by atoms with van der Waals surface area (Å²) in [6, 6.07) is 7.62. The van der Waals surface area contributed by atoms with Crippen LogP contribution in [0.15, 0.2) is 29.4 Å². The van der Waals surface area contributed by atoms with Crippen LogP contribution >= 0.6 is 0 Å². The summed E-state index contributed by atoms with van der Waals surface area (Å²) in [5.41, 5.74) is 3.25. The number of nitrogens with one attached hydrogen (secondary N) is 1. The molecule has 6 heteroatoms. The maximum atomic E-state index is 11.7. The van der Waals surface area contributed by atoms with Crippen LogP contribution in [0.3, 0.4) is 0 Å². The Kier molecular flexibility index (Phi) is 5.87. The zero-order valence-electron chi connectivity index (χ0n) is 12.9. The van der Waals surface area contributed by atoms with Crippen molar-refractivity contribution in [1.82, 2.24) is 5.43 Å². The molecule has 0 aliphatic carbocycles. The van der Waals surface area contributed by atoms with Crippen LogP contribution in [0.4, 0.5) is 5.69 Å². The van der Waals surface area contributed by atoms with Gasteiger partial charge in [-0.3, -0.25) is 4.79 Å². The van der Waals surface area contributed by atoms with E-state index in [1.54, 1.807) is 13.8 Å². The second-order valence-corrected chi connectivity index (χ2v) is 5.77. The quantitative estimate of drug-likeness (QED) is 0.529. The third-order valence-corrected chi connectivity index (χ3v) is 3.19. The lowest BCUT2D eigenvalue weighted by molar-refractivity contribution is -0.137. The van der Waals surface area contributed by atoms with Gasteiger partial charge in [0.25, 0.3) is 5.91 Å². The summed E-state index contributed by atoms with van der Waals surface area (Å²) in [5, 5.41) is 22.7.